The zero-order chi connectivity index (χ0) is 23.6. The summed E-state index contributed by atoms with van der Waals surface area (Å²) in [6, 6.07) is 13.2. The number of ether oxygens (including phenoxy) is 4. The first-order valence-electron chi connectivity index (χ1n) is 10.5. The molecule has 1 fully saturated rings. The normalized spacial score (nSPS) is 14.5. The zero-order valence-electron chi connectivity index (χ0n) is 18.7. The number of hydrogen-bond donors (Lipinski definition) is 0. The SMILES string of the molecule is COc1ccc(OC(=O)/C=C(\C(=O)Oc2ccc(OC)cc2)N2CCN(CCCl)CC2)cc1. The monoisotopic (exact) mass is 474 g/mol. The van der Waals surface area contributed by atoms with Crippen molar-refractivity contribution in [2.45, 2.75) is 0 Å². The molecule has 176 valence electrons. The molecule has 3 rings (SSSR count). The number of carbonyl (C=O) groups excluding carboxylic acids is 2. The Kier molecular flexibility index (Phi) is 8.97. The molecule has 0 amide bonds. The molecule has 0 atom stereocenters. The second kappa shape index (κ2) is 12.1. The van der Waals surface area contributed by atoms with E-state index in [2.05, 4.69) is 4.90 Å². The number of halogens is 1. The summed E-state index contributed by atoms with van der Waals surface area (Å²) in [6.07, 6.45) is 1.17. The van der Waals surface area contributed by atoms with E-state index in [0.29, 0.717) is 55.1 Å². The Labute approximate surface area is 198 Å². The molecule has 0 aromatic heterocycles. The largest absolute Gasteiger partial charge is 0.497 e. The quantitative estimate of drug-likeness (QED) is 0.237. The average Bonchev–Trinajstić information content (AvgIpc) is 2.84. The van der Waals surface area contributed by atoms with E-state index in [0.717, 1.165) is 6.54 Å². The van der Waals surface area contributed by atoms with E-state index in [1.54, 1.807) is 62.8 Å². The fraction of sp³-hybridized carbons (Fsp3) is 0.333. The number of hydrogen-bond acceptors (Lipinski definition) is 8. The van der Waals surface area contributed by atoms with Crippen LogP contribution in [0.1, 0.15) is 0 Å². The van der Waals surface area contributed by atoms with Crippen LogP contribution in [0.4, 0.5) is 0 Å². The first-order valence-corrected chi connectivity index (χ1v) is 11.0. The fourth-order valence-electron chi connectivity index (χ4n) is 3.32. The lowest BCUT2D eigenvalue weighted by Crippen LogP contribution is -2.48. The predicted octanol–water partition coefficient (Wildman–Crippen LogP) is 2.96. The van der Waals surface area contributed by atoms with Crippen molar-refractivity contribution < 1.29 is 28.5 Å². The van der Waals surface area contributed by atoms with Gasteiger partial charge in [0, 0.05) is 38.6 Å². The molecular weight excluding hydrogens is 448 g/mol. The molecule has 0 spiro atoms. The highest BCUT2D eigenvalue weighted by atomic mass is 35.5. The Morgan fingerprint density at radius 3 is 1.79 bits per heavy atom. The van der Waals surface area contributed by atoms with Crippen LogP contribution >= 0.6 is 11.6 Å². The molecule has 33 heavy (non-hydrogen) atoms. The number of piperazine rings is 1. The smallest absolute Gasteiger partial charge is 0.360 e. The molecule has 0 bridgehead atoms. The van der Waals surface area contributed by atoms with Crippen molar-refractivity contribution in [1.29, 1.82) is 0 Å². The van der Waals surface area contributed by atoms with Crippen LogP contribution in [0.25, 0.3) is 0 Å². The van der Waals surface area contributed by atoms with E-state index >= 15 is 0 Å². The van der Waals surface area contributed by atoms with Crippen LogP contribution < -0.4 is 18.9 Å². The van der Waals surface area contributed by atoms with Gasteiger partial charge in [-0.25, -0.2) is 9.59 Å². The van der Waals surface area contributed by atoms with Crippen molar-refractivity contribution in [2.24, 2.45) is 0 Å². The second-order valence-electron chi connectivity index (χ2n) is 7.21. The lowest BCUT2D eigenvalue weighted by atomic mass is 10.2. The molecule has 9 heteroatoms. The van der Waals surface area contributed by atoms with Gasteiger partial charge in [0.15, 0.2) is 0 Å². The van der Waals surface area contributed by atoms with E-state index in [-0.39, 0.29) is 5.70 Å². The van der Waals surface area contributed by atoms with Crippen LogP contribution in [0.3, 0.4) is 0 Å². The highest BCUT2D eigenvalue weighted by Crippen LogP contribution is 2.21. The molecule has 0 radical (unpaired) electrons. The maximum Gasteiger partial charge on any atom is 0.360 e. The van der Waals surface area contributed by atoms with Gasteiger partial charge in [-0.15, -0.1) is 11.6 Å². The predicted molar refractivity (Wildman–Crippen MR) is 124 cm³/mol. The number of benzene rings is 2. The highest BCUT2D eigenvalue weighted by Gasteiger charge is 2.25. The molecular formula is C24H27ClN2O6. The standard InChI is InChI=1S/C24H27ClN2O6/c1-30-18-3-7-20(8-4-18)32-23(28)17-22(27-15-13-26(12-11-25)14-16-27)24(29)33-21-9-5-19(31-2)6-10-21/h3-10,17H,11-16H2,1-2H3/b22-17+. The third kappa shape index (κ3) is 7.13. The topological polar surface area (TPSA) is 77.5 Å². The van der Waals surface area contributed by atoms with Gasteiger partial charge in [0.05, 0.1) is 20.3 Å². The number of rotatable bonds is 9. The molecule has 2 aromatic carbocycles. The fourth-order valence-corrected chi connectivity index (χ4v) is 3.55. The average molecular weight is 475 g/mol. The van der Waals surface area contributed by atoms with Gasteiger partial charge in [-0.1, -0.05) is 0 Å². The Bertz CT molecular complexity index is 954. The number of esters is 2. The summed E-state index contributed by atoms with van der Waals surface area (Å²) in [5.74, 6) is 1.19. The third-order valence-corrected chi connectivity index (χ3v) is 5.29. The van der Waals surface area contributed by atoms with Crippen LogP contribution in [0, 0.1) is 0 Å². The van der Waals surface area contributed by atoms with Crippen molar-refractivity contribution in [1.82, 2.24) is 9.80 Å². The third-order valence-electron chi connectivity index (χ3n) is 5.13. The lowest BCUT2D eigenvalue weighted by molar-refractivity contribution is -0.134. The molecule has 1 aliphatic rings. The van der Waals surface area contributed by atoms with E-state index in [4.69, 9.17) is 30.5 Å². The van der Waals surface area contributed by atoms with Gasteiger partial charge in [0.2, 0.25) is 0 Å². The first-order chi connectivity index (χ1) is 16.0. The summed E-state index contributed by atoms with van der Waals surface area (Å²) >= 11 is 5.84. The minimum absolute atomic E-state index is 0.134. The minimum atomic E-state index is -0.676. The van der Waals surface area contributed by atoms with Crippen LogP contribution in [-0.4, -0.2) is 74.6 Å². The molecule has 1 saturated heterocycles. The van der Waals surface area contributed by atoms with Crippen LogP contribution in [-0.2, 0) is 9.59 Å². The molecule has 0 saturated carbocycles. The van der Waals surface area contributed by atoms with E-state index < -0.39 is 11.9 Å². The van der Waals surface area contributed by atoms with Crippen molar-refractivity contribution in [3.8, 4) is 23.0 Å². The number of alkyl halides is 1. The van der Waals surface area contributed by atoms with Gasteiger partial charge in [-0.3, -0.25) is 4.90 Å². The molecule has 8 nitrogen and oxygen atoms in total. The van der Waals surface area contributed by atoms with E-state index in [1.165, 1.54) is 6.08 Å². The summed E-state index contributed by atoms with van der Waals surface area (Å²) < 4.78 is 21.1. The van der Waals surface area contributed by atoms with E-state index in [1.807, 2.05) is 4.90 Å². The summed E-state index contributed by atoms with van der Waals surface area (Å²) in [6.45, 7) is 3.30. The second-order valence-corrected chi connectivity index (χ2v) is 7.59. The summed E-state index contributed by atoms with van der Waals surface area (Å²) in [4.78, 5) is 29.7. The number of methoxy groups -OCH3 is 2. The van der Waals surface area contributed by atoms with Gasteiger partial charge < -0.3 is 23.8 Å². The Hall–Kier alpha value is -3.23. The Balaban J connectivity index is 1.75. The van der Waals surface area contributed by atoms with Crippen molar-refractivity contribution in [2.75, 3.05) is 52.8 Å². The maximum atomic E-state index is 13.0. The van der Waals surface area contributed by atoms with Gasteiger partial charge in [0.25, 0.3) is 0 Å². The van der Waals surface area contributed by atoms with Crippen molar-refractivity contribution in [3.63, 3.8) is 0 Å². The van der Waals surface area contributed by atoms with Gasteiger partial charge >= 0.3 is 11.9 Å². The lowest BCUT2D eigenvalue weighted by Gasteiger charge is -2.36. The minimum Gasteiger partial charge on any atom is -0.497 e. The van der Waals surface area contributed by atoms with Crippen LogP contribution in [0.2, 0.25) is 0 Å². The van der Waals surface area contributed by atoms with Gasteiger partial charge in [0.1, 0.15) is 28.7 Å². The van der Waals surface area contributed by atoms with Crippen LogP contribution in [0.5, 0.6) is 23.0 Å². The first kappa shape index (κ1) is 24.4. The Morgan fingerprint density at radius 2 is 1.30 bits per heavy atom. The summed E-state index contributed by atoms with van der Waals surface area (Å²) in [5.41, 5.74) is 0.134. The molecule has 1 aliphatic heterocycles. The molecule has 0 aliphatic carbocycles. The van der Waals surface area contributed by atoms with Crippen molar-refractivity contribution in [3.05, 3.63) is 60.3 Å². The van der Waals surface area contributed by atoms with Gasteiger partial charge in [-0.05, 0) is 48.5 Å². The number of carbonyl (C=O) groups is 2. The maximum absolute atomic E-state index is 13.0. The highest BCUT2D eigenvalue weighted by molar-refractivity contribution is 6.18. The zero-order valence-corrected chi connectivity index (χ0v) is 19.4. The van der Waals surface area contributed by atoms with E-state index in [9.17, 15) is 9.59 Å². The molecule has 2 aromatic rings. The Morgan fingerprint density at radius 1 is 0.818 bits per heavy atom. The summed E-state index contributed by atoms with van der Waals surface area (Å²) in [7, 11) is 3.11. The summed E-state index contributed by atoms with van der Waals surface area (Å²) in [5, 5.41) is 0. The van der Waals surface area contributed by atoms with Crippen molar-refractivity contribution >= 4 is 23.5 Å². The van der Waals surface area contributed by atoms with Gasteiger partial charge in [-0.2, -0.15) is 0 Å². The number of nitrogens with zero attached hydrogens (tertiary/aromatic N) is 2. The molecule has 0 unspecified atom stereocenters. The molecule has 1 heterocycles. The van der Waals surface area contributed by atoms with Crippen LogP contribution in [0.15, 0.2) is 60.3 Å². The molecule has 0 N–H and O–H groups in total.